The molecule has 0 spiro atoms. The van der Waals surface area contributed by atoms with Gasteiger partial charge >= 0.3 is 12.1 Å². The van der Waals surface area contributed by atoms with Crippen LogP contribution in [0.2, 0.25) is 0 Å². The third-order valence-corrected chi connectivity index (χ3v) is 4.14. The monoisotopic (exact) mass is 354 g/mol. The molecule has 0 fully saturated rings. The molecule has 0 heterocycles. The number of carbonyl (C=O) groups excluding carboxylic acids is 2. The van der Waals surface area contributed by atoms with Crippen molar-refractivity contribution in [1.82, 2.24) is 0 Å². The molecule has 0 unspecified atom stereocenters. The Morgan fingerprint density at radius 2 is 1.52 bits per heavy atom. The molecule has 3 rings (SSSR count). The molecule has 0 amide bonds. The van der Waals surface area contributed by atoms with Gasteiger partial charge in [-0.2, -0.15) is 22.0 Å². The van der Waals surface area contributed by atoms with Gasteiger partial charge in [0.2, 0.25) is 5.78 Å². The molecule has 0 aromatic heterocycles. The van der Waals surface area contributed by atoms with Crippen LogP contribution in [0.25, 0.3) is 11.1 Å². The van der Waals surface area contributed by atoms with Crippen molar-refractivity contribution in [3.8, 4) is 11.1 Å². The van der Waals surface area contributed by atoms with E-state index >= 15 is 0 Å². The Labute approximate surface area is 139 Å². The van der Waals surface area contributed by atoms with Crippen LogP contribution in [0.15, 0.2) is 42.5 Å². The van der Waals surface area contributed by atoms with Gasteiger partial charge < -0.3 is 0 Å². The standard InChI is InChI=1S/C18H11F5O2/c19-17(20,18(21,22)23)16(25)9-15(24)11-5-6-14-12(8-11)7-10-3-1-2-4-13(10)14/h1-6,8H,7,9H2. The summed E-state index contributed by atoms with van der Waals surface area (Å²) in [6.45, 7) is 0. The Morgan fingerprint density at radius 1 is 0.880 bits per heavy atom. The summed E-state index contributed by atoms with van der Waals surface area (Å²) in [5.41, 5.74) is 3.59. The van der Waals surface area contributed by atoms with Gasteiger partial charge in [0.1, 0.15) is 0 Å². The van der Waals surface area contributed by atoms with Crippen molar-refractivity contribution in [2.24, 2.45) is 0 Å². The minimum absolute atomic E-state index is 0.0575. The molecular weight excluding hydrogens is 343 g/mol. The summed E-state index contributed by atoms with van der Waals surface area (Å²) < 4.78 is 62.5. The second-order valence-electron chi connectivity index (χ2n) is 5.80. The summed E-state index contributed by atoms with van der Waals surface area (Å²) in [7, 11) is 0. The summed E-state index contributed by atoms with van der Waals surface area (Å²) >= 11 is 0. The molecule has 0 atom stereocenters. The zero-order chi connectivity index (χ0) is 18.4. The molecule has 1 aliphatic rings. The molecule has 1 aliphatic carbocycles. The summed E-state index contributed by atoms with van der Waals surface area (Å²) in [6, 6.07) is 11.9. The Hall–Kier alpha value is -2.57. The molecular formula is C18H11F5O2. The van der Waals surface area contributed by atoms with Crippen LogP contribution < -0.4 is 0 Å². The molecule has 2 aromatic carbocycles. The van der Waals surface area contributed by atoms with E-state index in [1.807, 2.05) is 24.3 Å². The van der Waals surface area contributed by atoms with Gasteiger partial charge in [-0.15, -0.1) is 0 Å². The first-order chi connectivity index (χ1) is 11.6. The van der Waals surface area contributed by atoms with Gasteiger partial charge in [0.25, 0.3) is 0 Å². The van der Waals surface area contributed by atoms with Crippen molar-refractivity contribution < 1.29 is 31.5 Å². The first-order valence-electron chi connectivity index (χ1n) is 7.33. The van der Waals surface area contributed by atoms with Crippen LogP contribution in [-0.4, -0.2) is 23.7 Å². The van der Waals surface area contributed by atoms with Crippen LogP contribution in [0.4, 0.5) is 22.0 Å². The van der Waals surface area contributed by atoms with Crippen LogP contribution in [0.1, 0.15) is 27.9 Å². The lowest BCUT2D eigenvalue weighted by molar-refractivity contribution is -0.268. The molecule has 2 nitrogen and oxygen atoms in total. The van der Waals surface area contributed by atoms with Gasteiger partial charge in [0, 0.05) is 5.56 Å². The van der Waals surface area contributed by atoms with Crippen molar-refractivity contribution in [3.63, 3.8) is 0 Å². The predicted octanol–water partition coefficient (Wildman–Crippen LogP) is 4.60. The van der Waals surface area contributed by atoms with Gasteiger partial charge in [0.05, 0.1) is 6.42 Å². The van der Waals surface area contributed by atoms with E-state index in [-0.39, 0.29) is 5.56 Å². The fourth-order valence-electron chi connectivity index (χ4n) is 2.84. The number of benzene rings is 2. The molecule has 0 saturated carbocycles. The minimum atomic E-state index is -6.01. The van der Waals surface area contributed by atoms with Crippen LogP contribution >= 0.6 is 0 Å². The molecule has 25 heavy (non-hydrogen) atoms. The van der Waals surface area contributed by atoms with E-state index in [0.717, 1.165) is 22.3 Å². The number of hydrogen-bond acceptors (Lipinski definition) is 2. The van der Waals surface area contributed by atoms with Crippen LogP contribution in [0.3, 0.4) is 0 Å². The molecule has 7 heteroatoms. The normalized spacial score (nSPS) is 13.3. The maximum absolute atomic E-state index is 13.0. The van der Waals surface area contributed by atoms with Gasteiger partial charge in [-0.05, 0) is 34.7 Å². The number of rotatable bonds is 4. The van der Waals surface area contributed by atoms with E-state index < -0.39 is 30.1 Å². The average Bonchev–Trinajstić information content (AvgIpc) is 2.91. The van der Waals surface area contributed by atoms with Crippen LogP contribution in [0, 0.1) is 0 Å². The van der Waals surface area contributed by atoms with Crippen molar-refractivity contribution in [2.45, 2.75) is 24.9 Å². The first kappa shape index (κ1) is 17.3. The number of Topliss-reactive ketones (excluding diaryl/α,β-unsaturated/α-hetero) is 2. The SMILES string of the molecule is O=C(CC(=O)C(F)(F)C(F)(F)F)c1ccc2c(c1)Cc1ccccc1-2. The summed E-state index contributed by atoms with van der Waals surface area (Å²) in [4.78, 5) is 23.2. The Kier molecular flexibility index (Phi) is 3.97. The van der Waals surface area contributed by atoms with E-state index in [1.165, 1.54) is 12.1 Å². The second kappa shape index (κ2) is 5.75. The molecule has 130 valence electrons. The number of fused-ring (bicyclic) bond motifs is 3. The van der Waals surface area contributed by atoms with Crippen molar-refractivity contribution in [1.29, 1.82) is 0 Å². The highest BCUT2D eigenvalue weighted by atomic mass is 19.4. The Morgan fingerprint density at radius 3 is 2.20 bits per heavy atom. The van der Waals surface area contributed by atoms with Crippen molar-refractivity contribution >= 4 is 11.6 Å². The van der Waals surface area contributed by atoms with Crippen LogP contribution in [-0.2, 0) is 11.2 Å². The highest BCUT2D eigenvalue weighted by Crippen LogP contribution is 2.38. The molecule has 0 N–H and O–H groups in total. The topological polar surface area (TPSA) is 34.1 Å². The number of carbonyl (C=O) groups is 2. The van der Waals surface area contributed by atoms with E-state index in [1.54, 1.807) is 6.07 Å². The summed E-state index contributed by atoms with van der Waals surface area (Å²) in [5, 5.41) is 0. The lowest BCUT2D eigenvalue weighted by Gasteiger charge is -2.17. The van der Waals surface area contributed by atoms with E-state index in [9.17, 15) is 31.5 Å². The highest BCUT2D eigenvalue weighted by molar-refractivity contribution is 6.10. The number of halogens is 5. The lowest BCUT2D eigenvalue weighted by atomic mass is 9.98. The smallest absolute Gasteiger partial charge is 0.294 e. The van der Waals surface area contributed by atoms with Crippen molar-refractivity contribution in [2.75, 3.05) is 0 Å². The molecule has 0 saturated heterocycles. The molecule has 2 aromatic rings. The zero-order valence-corrected chi connectivity index (χ0v) is 12.7. The highest BCUT2D eigenvalue weighted by Gasteiger charge is 2.62. The average molecular weight is 354 g/mol. The third kappa shape index (κ3) is 2.94. The van der Waals surface area contributed by atoms with E-state index in [4.69, 9.17) is 0 Å². The summed E-state index contributed by atoms with van der Waals surface area (Å²) in [6.07, 6.45) is -6.98. The maximum Gasteiger partial charge on any atom is 0.461 e. The Balaban J connectivity index is 1.81. The van der Waals surface area contributed by atoms with E-state index in [0.29, 0.717) is 6.42 Å². The molecule has 0 bridgehead atoms. The lowest BCUT2D eigenvalue weighted by Crippen LogP contribution is -2.44. The van der Waals surface area contributed by atoms with Gasteiger partial charge in [-0.1, -0.05) is 36.4 Å². The molecule has 0 aliphatic heterocycles. The maximum atomic E-state index is 13.0. The minimum Gasteiger partial charge on any atom is -0.294 e. The van der Waals surface area contributed by atoms with Crippen molar-refractivity contribution in [3.05, 3.63) is 59.2 Å². The van der Waals surface area contributed by atoms with Gasteiger partial charge in [-0.3, -0.25) is 9.59 Å². The zero-order valence-electron chi connectivity index (χ0n) is 12.7. The fraction of sp³-hybridized carbons (Fsp3) is 0.222. The van der Waals surface area contributed by atoms with E-state index in [2.05, 4.69) is 0 Å². The second-order valence-corrected chi connectivity index (χ2v) is 5.80. The first-order valence-corrected chi connectivity index (χ1v) is 7.33. The molecule has 0 radical (unpaired) electrons. The number of alkyl halides is 5. The quantitative estimate of drug-likeness (QED) is 0.390. The van der Waals surface area contributed by atoms with Gasteiger partial charge in [0.15, 0.2) is 5.78 Å². The Bertz CT molecular complexity index is 868. The van der Waals surface area contributed by atoms with Crippen LogP contribution in [0.5, 0.6) is 0 Å². The summed E-state index contributed by atoms with van der Waals surface area (Å²) in [5.74, 6) is -9.04. The number of hydrogen-bond donors (Lipinski definition) is 0. The number of ketones is 2. The predicted molar refractivity (Wildman–Crippen MR) is 79.6 cm³/mol. The third-order valence-electron chi connectivity index (χ3n) is 4.14. The largest absolute Gasteiger partial charge is 0.461 e. The van der Waals surface area contributed by atoms with Gasteiger partial charge in [-0.25, -0.2) is 0 Å². The fourth-order valence-corrected chi connectivity index (χ4v) is 2.84.